The number of aromatic nitrogens is 1. The second-order valence-electron chi connectivity index (χ2n) is 6.50. The van der Waals surface area contributed by atoms with Crippen molar-refractivity contribution in [2.45, 2.75) is 19.8 Å². The molecule has 6 nitrogen and oxygen atoms in total. The van der Waals surface area contributed by atoms with Gasteiger partial charge in [0.1, 0.15) is 23.0 Å². The van der Waals surface area contributed by atoms with Crippen molar-refractivity contribution >= 4 is 11.6 Å². The highest BCUT2D eigenvalue weighted by molar-refractivity contribution is 5.91. The van der Waals surface area contributed by atoms with Crippen LogP contribution in [0.5, 0.6) is 23.0 Å². The van der Waals surface area contributed by atoms with E-state index in [9.17, 15) is 4.79 Å². The maximum absolute atomic E-state index is 12.4. The van der Waals surface area contributed by atoms with Gasteiger partial charge in [-0.25, -0.2) is 0 Å². The van der Waals surface area contributed by atoms with Gasteiger partial charge in [-0.1, -0.05) is 0 Å². The van der Waals surface area contributed by atoms with Gasteiger partial charge in [0.05, 0.1) is 20.4 Å². The highest BCUT2D eigenvalue weighted by Gasteiger charge is 2.10. The number of pyridine rings is 1. The molecule has 0 atom stereocenters. The zero-order valence-electron chi connectivity index (χ0n) is 16.8. The van der Waals surface area contributed by atoms with E-state index in [1.807, 2.05) is 55.5 Å². The van der Waals surface area contributed by atoms with Crippen LogP contribution in [0.2, 0.25) is 0 Å². The fourth-order valence-corrected chi connectivity index (χ4v) is 2.93. The number of amides is 1. The van der Waals surface area contributed by atoms with Gasteiger partial charge >= 0.3 is 0 Å². The summed E-state index contributed by atoms with van der Waals surface area (Å²) in [6.07, 6.45) is 4.23. The van der Waals surface area contributed by atoms with Crippen LogP contribution in [-0.2, 0) is 11.2 Å². The minimum absolute atomic E-state index is 0.0739. The van der Waals surface area contributed by atoms with Crippen LogP contribution in [0.15, 0.2) is 60.9 Å². The van der Waals surface area contributed by atoms with Gasteiger partial charge in [0, 0.05) is 18.3 Å². The Labute approximate surface area is 170 Å². The van der Waals surface area contributed by atoms with Crippen molar-refractivity contribution in [3.63, 3.8) is 0 Å². The lowest BCUT2D eigenvalue weighted by atomic mass is 10.1. The smallest absolute Gasteiger partial charge is 0.224 e. The number of carbonyl (C=O) groups excluding carboxylic acids is 1. The van der Waals surface area contributed by atoms with E-state index in [1.165, 1.54) is 0 Å². The molecule has 2 aromatic carbocycles. The predicted octanol–water partition coefficient (Wildman–Crippen LogP) is 4.77. The van der Waals surface area contributed by atoms with Crippen LogP contribution in [0.25, 0.3) is 0 Å². The predicted molar refractivity (Wildman–Crippen MR) is 112 cm³/mol. The number of rotatable bonds is 8. The number of aryl methyl sites for hydroxylation is 2. The first-order chi connectivity index (χ1) is 14.1. The molecule has 1 N–H and O–H groups in total. The second-order valence-corrected chi connectivity index (χ2v) is 6.50. The molecule has 0 aliphatic carbocycles. The third kappa shape index (κ3) is 5.48. The Kier molecular flexibility index (Phi) is 6.68. The highest BCUT2D eigenvalue weighted by atomic mass is 16.5. The molecule has 0 saturated heterocycles. The Morgan fingerprint density at radius 3 is 2.52 bits per heavy atom. The van der Waals surface area contributed by atoms with Crippen molar-refractivity contribution in [3.05, 3.63) is 72.1 Å². The molecule has 0 radical (unpaired) electrons. The molecule has 0 saturated carbocycles. The van der Waals surface area contributed by atoms with Gasteiger partial charge in [0.25, 0.3) is 0 Å². The molecule has 1 aromatic heterocycles. The lowest BCUT2D eigenvalue weighted by Crippen LogP contribution is -2.12. The second kappa shape index (κ2) is 9.59. The van der Waals surface area contributed by atoms with Crippen molar-refractivity contribution in [2.24, 2.45) is 0 Å². The Bertz CT molecular complexity index is 974. The lowest BCUT2D eigenvalue weighted by Gasteiger charge is -2.12. The summed E-state index contributed by atoms with van der Waals surface area (Å²) in [5, 5.41) is 2.93. The highest BCUT2D eigenvalue weighted by Crippen LogP contribution is 2.28. The molecule has 3 aromatic rings. The minimum Gasteiger partial charge on any atom is -0.497 e. The van der Waals surface area contributed by atoms with Crippen LogP contribution in [-0.4, -0.2) is 25.1 Å². The summed E-state index contributed by atoms with van der Waals surface area (Å²) in [5.41, 5.74) is 2.57. The molecule has 29 heavy (non-hydrogen) atoms. The monoisotopic (exact) mass is 392 g/mol. The van der Waals surface area contributed by atoms with Crippen LogP contribution in [0.3, 0.4) is 0 Å². The maximum atomic E-state index is 12.4. The van der Waals surface area contributed by atoms with Gasteiger partial charge in [-0.05, 0) is 73.0 Å². The normalized spacial score (nSPS) is 10.3. The number of ether oxygens (including phenoxy) is 3. The van der Waals surface area contributed by atoms with Crippen molar-refractivity contribution in [2.75, 3.05) is 19.5 Å². The zero-order chi connectivity index (χ0) is 20.6. The summed E-state index contributed by atoms with van der Waals surface area (Å²) in [5.74, 6) is 2.79. The van der Waals surface area contributed by atoms with Gasteiger partial charge in [-0.15, -0.1) is 0 Å². The van der Waals surface area contributed by atoms with Crippen molar-refractivity contribution in [1.29, 1.82) is 0 Å². The number of benzene rings is 2. The van der Waals surface area contributed by atoms with Gasteiger partial charge < -0.3 is 19.5 Å². The van der Waals surface area contributed by atoms with E-state index < -0.39 is 0 Å². The van der Waals surface area contributed by atoms with Gasteiger partial charge in [-0.2, -0.15) is 0 Å². The number of nitrogens with zero attached hydrogens (tertiary/aromatic N) is 1. The summed E-state index contributed by atoms with van der Waals surface area (Å²) in [4.78, 5) is 16.4. The molecule has 6 heteroatoms. The molecule has 0 fully saturated rings. The lowest BCUT2D eigenvalue weighted by molar-refractivity contribution is -0.116. The molecule has 0 spiro atoms. The van der Waals surface area contributed by atoms with Crippen LogP contribution >= 0.6 is 0 Å². The number of hydrogen-bond acceptors (Lipinski definition) is 5. The van der Waals surface area contributed by atoms with Crippen molar-refractivity contribution in [3.8, 4) is 23.0 Å². The van der Waals surface area contributed by atoms with Gasteiger partial charge in [0.15, 0.2) is 0 Å². The number of carbonyl (C=O) groups is 1. The van der Waals surface area contributed by atoms with E-state index in [1.54, 1.807) is 26.6 Å². The molecule has 3 rings (SSSR count). The molecule has 1 amide bonds. The first kappa shape index (κ1) is 20.2. The largest absolute Gasteiger partial charge is 0.497 e. The van der Waals surface area contributed by atoms with Crippen molar-refractivity contribution < 1.29 is 19.0 Å². The van der Waals surface area contributed by atoms with E-state index in [0.29, 0.717) is 18.6 Å². The zero-order valence-corrected chi connectivity index (χ0v) is 16.8. The third-order valence-electron chi connectivity index (χ3n) is 4.43. The number of methoxy groups -OCH3 is 2. The van der Waals surface area contributed by atoms with E-state index in [4.69, 9.17) is 14.2 Å². The molecular weight excluding hydrogens is 368 g/mol. The summed E-state index contributed by atoms with van der Waals surface area (Å²) in [6, 6.07) is 14.8. The standard InChI is InChI=1S/C23H24N2O4/c1-16-13-18(7-9-21(16)29-20-5-4-12-24-15-20)25-23(26)11-6-17-14-19(27-2)8-10-22(17)28-3/h4-5,7-10,12-15H,6,11H2,1-3H3,(H,25,26). The van der Waals surface area contributed by atoms with Gasteiger partial charge in [0.2, 0.25) is 5.91 Å². The minimum atomic E-state index is -0.0739. The fraction of sp³-hybridized carbons (Fsp3) is 0.217. The first-order valence-electron chi connectivity index (χ1n) is 9.28. The molecular formula is C23H24N2O4. The van der Waals surface area contributed by atoms with Crippen molar-refractivity contribution in [1.82, 2.24) is 4.98 Å². The SMILES string of the molecule is COc1ccc(OC)c(CCC(=O)Nc2ccc(Oc3cccnc3)c(C)c2)c1. The molecule has 1 heterocycles. The van der Waals surface area contributed by atoms with Crippen LogP contribution < -0.4 is 19.5 Å². The van der Waals surface area contributed by atoms with E-state index in [2.05, 4.69) is 10.3 Å². The topological polar surface area (TPSA) is 69.7 Å². The fourth-order valence-electron chi connectivity index (χ4n) is 2.93. The van der Waals surface area contributed by atoms with E-state index in [0.717, 1.165) is 34.1 Å². The Balaban J connectivity index is 1.60. The van der Waals surface area contributed by atoms with Crippen LogP contribution in [0, 0.1) is 6.92 Å². The Morgan fingerprint density at radius 2 is 1.83 bits per heavy atom. The van der Waals surface area contributed by atoms with Gasteiger partial charge in [-0.3, -0.25) is 9.78 Å². The number of nitrogens with one attached hydrogen (secondary N) is 1. The Morgan fingerprint density at radius 1 is 1.00 bits per heavy atom. The molecule has 0 aliphatic rings. The maximum Gasteiger partial charge on any atom is 0.224 e. The third-order valence-corrected chi connectivity index (χ3v) is 4.43. The van der Waals surface area contributed by atoms with E-state index in [-0.39, 0.29) is 5.91 Å². The van der Waals surface area contributed by atoms with Crippen LogP contribution in [0.1, 0.15) is 17.5 Å². The molecule has 150 valence electrons. The van der Waals surface area contributed by atoms with Crippen LogP contribution in [0.4, 0.5) is 5.69 Å². The summed E-state index contributed by atoms with van der Waals surface area (Å²) >= 11 is 0. The first-order valence-corrected chi connectivity index (χ1v) is 9.28. The molecule has 0 bridgehead atoms. The molecule has 0 unspecified atom stereocenters. The summed E-state index contributed by atoms with van der Waals surface area (Å²) in [7, 11) is 3.23. The van der Waals surface area contributed by atoms with E-state index >= 15 is 0 Å². The summed E-state index contributed by atoms with van der Waals surface area (Å²) < 4.78 is 16.4. The Hall–Kier alpha value is -3.54. The molecule has 0 aliphatic heterocycles. The average Bonchev–Trinajstić information content (AvgIpc) is 2.74. The summed E-state index contributed by atoms with van der Waals surface area (Å²) in [6.45, 7) is 1.93. The quantitative estimate of drug-likeness (QED) is 0.598. The number of anilines is 1. The average molecular weight is 392 g/mol. The number of hydrogen-bond donors (Lipinski definition) is 1.